The Bertz CT molecular complexity index is 444. The lowest BCUT2D eigenvalue weighted by Gasteiger charge is -2.11. The lowest BCUT2D eigenvalue weighted by atomic mass is 10.2. The van der Waals surface area contributed by atoms with Gasteiger partial charge in [0.15, 0.2) is 0 Å². The third-order valence-corrected chi connectivity index (χ3v) is 3.05. The van der Waals surface area contributed by atoms with Crippen molar-refractivity contribution in [2.24, 2.45) is 5.92 Å². The molecule has 20 heavy (non-hydrogen) atoms. The Morgan fingerprint density at radius 2 is 1.95 bits per heavy atom. The maximum absolute atomic E-state index is 10.7. The molecule has 0 aliphatic rings. The largest absolute Gasteiger partial charge is 0.383 e. The number of nitro groups is 1. The van der Waals surface area contributed by atoms with Gasteiger partial charge in [0.1, 0.15) is 0 Å². The van der Waals surface area contributed by atoms with E-state index in [1.54, 1.807) is 0 Å². The molecule has 0 radical (unpaired) electrons. The zero-order valence-corrected chi connectivity index (χ0v) is 13.0. The first kappa shape index (κ1) is 17.0. The summed E-state index contributed by atoms with van der Waals surface area (Å²) in [6.45, 7) is 6.20. The molecule has 112 valence electrons. The van der Waals surface area contributed by atoms with E-state index in [2.05, 4.69) is 19.2 Å². The van der Waals surface area contributed by atoms with Crippen LogP contribution in [-0.4, -0.2) is 24.7 Å². The predicted molar refractivity (Wildman–Crippen MR) is 81.9 cm³/mol. The molecule has 0 fully saturated rings. The van der Waals surface area contributed by atoms with Crippen molar-refractivity contribution in [1.82, 2.24) is 0 Å². The predicted octanol–water partition coefficient (Wildman–Crippen LogP) is 4.38. The summed E-state index contributed by atoms with van der Waals surface area (Å²) in [7, 11) is 0. The number of nitrogens with one attached hydrogen (secondary N) is 1. The monoisotopic (exact) mass is 320 g/mol. The number of non-ortho nitro benzene ring substituents is 1. The van der Waals surface area contributed by atoms with Crippen LogP contribution in [0.15, 0.2) is 12.1 Å². The highest BCUT2D eigenvalue weighted by Gasteiger charge is 2.14. The summed E-state index contributed by atoms with van der Waals surface area (Å²) in [5.74, 6) is 0.515. The van der Waals surface area contributed by atoms with Crippen LogP contribution in [0.4, 0.5) is 11.4 Å². The summed E-state index contributed by atoms with van der Waals surface area (Å²) in [5, 5.41) is 14.2. The van der Waals surface area contributed by atoms with Crippen LogP contribution in [-0.2, 0) is 4.74 Å². The number of hydrogen-bond donors (Lipinski definition) is 1. The van der Waals surface area contributed by atoms with E-state index in [0.29, 0.717) is 24.8 Å². The molecule has 0 aliphatic heterocycles. The molecular formula is C13H18Cl2N2O3. The summed E-state index contributed by atoms with van der Waals surface area (Å²) >= 11 is 12.0. The molecule has 0 saturated heterocycles. The number of ether oxygens (including phenoxy) is 1. The smallest absolute Gasteiger partial charge is 0.272 e. The van der Waals surface area contributed by atoms with Gasteiger partial charge in [-0.1, -0.05) is 37.0 Å². The first-order valence-electron chi connectivity index (χ1n) is 6.37. The zero-order valence-electron chi connectivity index (χ0n) is 11.5. The van der Waals surface area contributed by atoms with Crippen LogP contribution >= 0.6 is 23.2 Å². The van der Waals surface area contributed by atoms with Crippen molar-refractivity contribution < 1.29 is 9.66 Å². The molecule has 1 N–H and O–H groups in total. The van der Waals surface area contributed by atoms with Gasteiger partial charge in [-0.3, -0.25) is 10.1 Å². The summed E-state index contributed by atoms with van der Waals surface area (Å²) in [6.07, 6.45) is 0.802. The Balaban J connectivity index is 2.46. The topological polar surface area (TPSA) is 64.4 Å². The minimum absolute atomic E-state index is 0.120. The molecule has 0 saturated carbocycles. The molecule has 0 bridgehead atoms. The zero-order chi connectivity index (χ0) is 15.1. The molecular weight excluding hydrogens is 303 g/mol. The highest BCUT2D eigenvalue weighted by atomic mass is 35.5. The number of anilines is 1. The molecule has 7 heteroatoms. The van der Waals surface area contributed by atoms with E-state index in [-0.39, 0.29) is 15.7 Å². The number of benzene rings is 1. The van der Waals surface area contributed by atoms with Gasteiger partial charge >= 0.3 is 0 Å². The van der Waals surface area contributed by atoms with Crippen LogP contribution in [0.3, 0.4) is 0 Å². The molecule has 0 unspecified atom stereocenters. The van der Waals surface area contributed by atoms with E-state index in [0.717, 1.165) is 13.0 Å². The third-order valence-electron chi connectivity index (χ3n) is 2.46. The first-order valence-corrected chi connectivity index (χ1v) is 7.12. The van der Waals surface area contributed by atoms with Crippen molar-refractivity contribution in [3.05, 3.63) is 32.3 Å². The second-order valence-electron chi connectivity index (χ2n) is 4.79. The number of rotatable bonds is 8. The number of nitrogens with zero attached hydrogens (tertiary/aromatic N) is 1. The Hall–Kier alpha value is -1.04. The van der Waals surface area contributed by atoms with Crippen molar-refractivity contribution in [3.8, 4) is 0 Å². The maximum Gasteiger partial charge on any atom is 0.272 e. The van der Waals surface area contributed by atoms with Crippen molar-refractivity contribution in [1.29, 1.82) is 0 Å². The van der Waals surface area contributed by atoms with E-state index < -0.39 is 4.92 Å². The Morgan fingerprint density at radius 3 is 2.45 bits per heavy atom. The van der Waals surface area contributed by atoms with E-state index >= 15 is 0 Å². The average Bonchev–Trinajstić information content (AvgIpc) is 2.35. The van der Waals surface area contributed by atoms with Gasteiger partial charge in [-0.05, 0) is 12.3 Å². The molecule has 1 aromatic rings. The lowest BCUT2D eigenvalue weighted by molar-refractivity contribution is -0.384. The fraction of sp³-hybridized carbons (Fsp3) is 0.538. The van der Waals surface area contributed by atoms with Crippen LogP contribution in [0.1, 0.15) is 20.3 Å². The van der Waals surface area contributed by atoms with Gasteiger partial charge in [-0.2, -0.15) is 0 Å². The molecule has 0 aliphatic carbocycles. The molecule has 1 aromatic carbocycles. The molecule has 0 amide bonds. The number of nitro benzene ring substituents is 1. The van der Waals surface area contributed by atoms with E-state index in [1.807, 2.05) is 0 Å². The van der Waals surface area contributed by atoms with Gasteiger partial charge in [0.25, 0.3) is 5.69 Å². The van der Waals surface area contributed by atoms with E-state index in [9.17, 15) is 10.1 Å². The van der Waals surface area contributed by atoms with E-state index in [1.165, 1.54) is 12.1 Å². The Labute approximate surface area is 128 Å². The molecule has 1 rings (SSSR count). The SMILES string of the molecule is CC(C)COCCCNc1c(Cl)cc([N+](=O)[O-])cc1Cl. The molecule has 0 heterocycles. The summed E-state index contributed by atoms with van der Waals surface area (Å²) in [6, 6.07) is 2.57. The summed E-state index contributed by atoms with van der Waals surface area (Å²) in [4.78, 5) is 10.1. The summed E-state index contributed by atoms with van der Waals surface area (Å²) < 4.78 is 5.45. The fourth-order valence-electron chi connectivity index (χ4n) is 1.54. The second-order valence-corrected chi connectivity index (χ2v) is 5.61. The average molecular weight is 321 g/mol. The van der Waals surface area contributed by atoms with Crippen LogP contribution in [0.2, 0.25) is 10.0 Å². The Kier molecular flexibility index (Phi) is 7.05. The van der Waals surface area contributed by atoms with Crippen LogP contribution in [0.5, 0.6) is 0 Å². The summed E-state index contributed by atoms with van der Waals surface area (Å²) in [5.41, 5.74) is 0.397. The van der Waals surface area contributed by atoms with Crippen LogP contribution in [0.25, 0.3) is 0 Å². The van der Waals surface area contributed by atoms with Crippen LogP contribution in [0, 0.1) is 16.0 Å². The lowest BCUT2D eigenvalue weighted by Crippen LogP contribution is -2.09. The van der Waals surface area contributed by atoms with Crippen molar-refractivity contribution in [2.45, 2.75) is 20.3 Å². The fourth-order valence-corrected chi connectivity index (χ4v) is 2.15. The van der Waals surface area contributed by atoms with Crippen LogP contribution < -0.4 is 5.32 Å². The number of hydrogen-bond acceptors (Lipinski definition) is 4. The minimum atomic E-state index is -0.526. The third kappa shape index (κ3) is 5.53. The normalized spacial score (nSPS) is 10.8. The molecule has 0 aromatic heterocycles. The van der Waals surface area contributed by atoms with Crippen molar-refractivity contribution >= 4 is 34.6 Å². The van der Waals surface area contributed by atoms with Gasteiger partial charge < -0.3 is 10.1 Å². The Morgan fingerprint density at radius 1 is 1.35 bits per heavy atom. The minimum Gasteiger partial charge on any atom is -0.383 e. The first-order chi connectivity index (χ1) is 9.41. The van der Waals surface area contributed by atoms with Gasteiger partial charge in [-0.25, -0.2) is 0 Å². The highest BCUT2D eigenvalue weighted by molar-refractivity contribution is 6.39. The number of halogens is 2. The van der Waals surface area contributed by atoms with Gasteiger partial charge in [0.05, 0.1) is 20.7 Å². The standard InChI is InChI=1S/C13H18Cl2N2O3/c1-9(2)8-20-5-3-4-16-13-11(14)6-10(17(18)19)7-12(13)15/h6-7,9,16H,3-5,8H2,1-2H3. The maximum atomic E-state index is 10.7. The van der Waals surface area contributed by atoms with Gasteiger partial charge in [0.2, 0.25) is 0 Å². The quantitative estimate of drug-likeness (QED) is 0.438. The highest BCUT2D eigenvalue weighted by Crippen LogP contribution is 2.34. The molecule has 0 spiro atoms. The van der Waals surface area contributed by atoms with Crippen molar-refractivity contribution in [3.63, 3.8) is 0 Å². The van der Waals surface area contributed by atoms with Crippen molar-refractivity contribution in [2.75, 3.05) is 25.1 Å². The second kappa shape index (κ2) is 8.29. The van der Waals surface area contributed by atoms with E-state index in [4.69, 9.17) is 27.9 Å². The van der Waals surface area contributed by atoms with Gasteiger partial charge in [-0.15, -0.1) is 0 Å². The van der Waals surface area contributed by atoms with Gasteiger partial charge in [0, 0.05) is 31.9 Å². The molecule has 0 atom stereocenters. The molecule has 5 nitrogen and oxygen atoms in total.